The molecule has 5 atom stereocenters. The minimum atomic E-state index is 0.0171. The molecule has 0 saturated heterocycles. The number of hydrogen-bond acceptors (Lipinski definition) is 2. The van der Waals surface area contributed by atoms with E-state index in [9.17, 15) is 4.79 Å². The fourth-order valence-corrected chi connectivity index (χ4v) is 4.22. The predicted molar refractivity (Wildman–Crippen MR) is 84.9 cm³/mol. The van der Waals surface area contributed by atoms with Gasteiger partial charge in [-0.3, -0.25) is 4.79 Å². The molecule has 3 nitrogen and oxygen atoms in total. The van der Waals surface area contributed by atoms with Gasteiger partial charge < -0.3 is 10.6 Å². The average molecular weight is 307 g/mol. The van der Waals surface area contributed by atoms with Crippen molar-refractivity contribution in [2.75, 3.05) is 7.05 Å². The maximum absolute atomic E-state index is 12.8. The molecule has 0 heterocycles. The first kappa shape index (κ1) is 14.9. The Morgan fingerprint density at radius 1 is 1.29 bits per heavy atom. The molecule has 0 spiro atoms. The van der Waals surface area contributed by atoms with Crippen molar-refractivity contribution < 1.29 is 4.79 Å². The number of carbonyl (C=O) groups excluding carboxylic acids is 1. The van der Waals surface area contributed by atoms with E-state index in [0.29, 0.717) is 11.8 Å². The number of benzene rings is 1. The highest BCUT2D eigenvalue weighted by Crippen LogP contribution is 2.48. The Hall–Kier alpha value is -1.06. The molecular weight excluding hydrogens is 284 g/mol. The van der Waals surface area contributed by atoms with Crippen LogP contribution in [0.1, 0.15) is 37.8 Å². The topological polar surface area (TPSA) is 46.3 Å². The SMILES string of the molecule is CC(c1ccc(Cl)cc1)N(C)C(=O)C1C2CCC(C2)C1N. The molecule has 2 bridgehead atoms. The highest BCUT2D eigenvalue weighted by molar-refractivity contribution is 6.30. The Bertz CT molecular complexity index is 528. The molecule has 3 rings (SSSR count). The Balaban J connectivity index is 1.74. The summed E-state index contributed by atoms with van der Waals surface area (Å²) in [5, 5.41) is 0.718. The molecule has 0 aliphatic heterocycles. The van der Waals surface area contributed by atoms with Crippen LogP contribution in [-0.2, 0) is 4.79 Å². The lowest BCUT2D eigenvalue weighted by Gasteiger charge is -2.34. The number of nitrogens with two attached hydrogens (primary N) is 1. The van der Waals surface area contributed by atoms with E-state index in [4.69, 9.17) is 17.3 Å². The van der Waals surface area contributed by atoms with E-state index in [1.165, 1.54) is 6.42 Å². The van der Waals surface area contributed by atoms with Gasteiger partial charge in [-0.05, 0) is 55.7 Å². The summed E-state index contributed by atoms with van der Waals surface area (Å²) in [6.45, 7) is 2.06. The zero-order chi connectivity index (χ0) is 15.1. The predicted octanol–water partition coefficient (Wildman–Crippen LogP) is 3.23. The van der Waals surface area contributed by atoms with E-state index in [-0.39, 0.29) is 23.9 Å². The average Bonchev–Trinajstić information content (AvgIpc) is 3.07. The van der Waals surface area contributed by atoms with E-state index in [0.717, 1.165) is 23.4 Å². The third-order valence-electron chi connectivity index (χ3n) is 5.55. The Labute approximate surface area is 131 Å². The number of rotatable bonds is 3. The fourth-order valence-electron chi connectivity index (χ4n) is 4.09. The number of nitrogens with zero attached hydrogens (tertiary/aromatic N) is 1. The summed E-state index contributed by atoms with van der Waals surface area (Å²) in [5.74, 6) is 1.28. The summed E-state index contributed by atoms with van der Waals surface area (Å²) in [6.07, 6.45) is 3.50. The summed E-state index contributed by atoms with van der Waals surface area (Å²) in [6, 6.07) is 7.80. The van der Waals surface area contributed by atoms with Crippen LogP contribution in [0.25, 0.3) is 0 Å². The minimum absolute atomic E-state index is 0.0171. The van der Waals surface area contributed by atoms with Gasteiger partial charge in [0, 0.05) is 18.1 Å². The first-order valence-electron chi connectivity index (χ1n) is 7.76. The monoisotopic (exact) mass is 306 g/mol. The fraction of sp³-hybridized carbons (Fsp3) is 0.588. The molecule has 2 N–H and O–H groups in total. The van der Waals surface area contributed by atoms with Crippen molar-refractivity contribution in [2.24, 2.45) is 23.5 Å². The zero-order valence-corrected chi connectivity index (χ0v) is 13.4. The molecule has 2 fully saturated rings. The lowest BCUT2D eigenvalue weighted by Crippen LogP contribution is -2.46. The third-order valence-corrected chi connectivity index (χ3v) is 5.80. The zero-order valence-electron chi connectivity index (χ0n) is 12.6. The summed E-state index contributed by atoms with van der Waals surface area (Å²) in [5.41, 5.74) is 7.40. The third kappa shape index (κ3) is 2.58. The van der Waals surface area contributed by atoms with Gasteiger partial charge in [-0.1, -0.05) is 23.7 Å². The lowest BCUT2D eigenvalue weighted by atomic mass is 9.83. The summed E-state index contributed by atoms with van der Waals surface area (Å²) < 4.78 is 0. The van der Waals surface area contributed by atoms with E-state index < -0.39 is 0 Å². The molecule has 5 unspecified atom stereocenters. The van der Waals surface area contributed by atoms with Crippen LogP contribution >= 0.6 is 11.6 Å². The lowest BCUT2D eigenvalue weighted by molar-refractivity contribution is -0.138. The van der Waals surface area contributed by atoms with Crippen LogP contribution in [0.3, 0.4) is 0 Å². The molecule has 2 aliphatic carbocycles. The smallest absolute Gasteiger partial charge is 0.227 e. The highest BCUT2D eigenvalue weighted by Gasteiger charge is 2.50. The molecule has 21 heavy (non-hydrogen) atoms. The second-order valence-electron chi connectivity index (χ2n) is 6.61. The first-order chi connectivity index (χ1) is 9.99. The van der Waals surface area contributed by atoms with Crippen molar-refractivity contribution in [3.63, 3.8) is 0 Å². The van der Waals surface area contributed by atoms with Crippen molar-refractivity contribution in [1.29, 1.82) is 0 Å². The molecule has 2 saturated carbocycles. The largest absolute Gasteiger partial charge is 0.339 e. The molecule has 4 heteroatoms. The number of hydrogen-bond donors (Lipinski definition) is 1. The van der Waals surface area contributed by atoms with Gasteiger partial charge in [0.15, 0.2) is 0 Å². The van der Waals surface area contributed by atoms with E-state index in [1.807, 2.05) is 36.2 Å². The van der Waals surface area contributed by atoms with Gasteiger partial charge in [0.25, 0.3) is 0 Å². The van der Waals surface area contributed by atoms with E-state index in [1.54, 1.807) is 0 Å². The van der Waals surface area contributed by atoms with Gasteiger partial charge in [-0.25, -0.2) is 0 Å². The van der Waals surface area contributed by atoms with Gasteiger partial charge >= 0.3 is 0 Å². The number of halogens is 1. The van der Waals surface area contributed by atoms with Gasteiger partial charge in [0.2, 0.25) is 5.91 Å². The Kier molecular flexibility index (Phi) is 3.98. The van der Waals surface area contributed by atoms with Crippen molar-refractivity contribution in [3.8, 4) is 0 Å². The van der Waals surface area contributed by atoms with Crippen LogP contribution in [-0.4, -0.2) is 23.9 Å². The molecule has 1 aromatic carbocycles. The molecule has 1 aromatic rings. The second-order valence-corrected chi connectivity index (χ2v) is 7.05. The van der Waals surface area contributed by atoms with Gasteiger partial charge in [0.05, 0.1) is 12.0 Å². The molecule has 0 radical (unpaired) electrons. The van der Waals surface area contributed by atoms with Gasteiger partial charge in [-0.15, -0.1) is 0 Å². The van der Waals surface area contributed by atoms with Crippen LogP contribution in [0.2, 0.25) is 5.02 Å². The maximum Gasteiger partial charge on any atom is 0.227 e. The van der Waals surface area contributed by atoms with E-state index in [2.05, 4.69) is 6.92 Å². The minimum Gasteiger partial charge on any atom is -0.339 e. The number of amides is 1. The molecule has 2 aliphatic rings. The van der Waals surface area contributed by atoms with Crippen LogP contribution in [0.5, 0.6) is 0 Å². The molecular formula is C17H23ClN2O. The summed E-state index contributed by atoms with van der Waals surface area (Å²) >= 11 is 5.93. The van der Waals surface area contributed by atoms with Crippen molar-refractivity contribution in [3.05, 3.63) is 34.9 Å². The normalized spacial score (nSPS) is 32.2. The first-order valence-corrected chi connectivity index (χ1v) is 8.14. The van der Waals surface area contributed by atoms with Crippen LogP contribution in [0, 0.1) is 17.8 Å². The van der Waals surface area contributed by atoms with Gasteiger partial charge in [-0.2, -0.15) is 0 Å². The molecule has 0 aromatic heterocycles. The van der Waals surface area contributed by atoms with E-state index >= 15 is 0 Å². The van der Waals surface area contributed by atoms with Crippen molar-refractivity contribution >= 4 is 17.5 Å². The standard InChI is InChI=1S/C17H23ClN2O/c1-10(11-5-7-14(18)8-6-11)20(2)17(21)15-12-3-4-13(9-12)16(15)19/h5-8,10,12-13,15-16H,3-4,9,19H2,1-2H3. The van der Waals surface area contributed by atoms with Crippen LogP contribution in [0.4, 0.5) is 0 Å². The van der Waals surface area contributed by atoms with Gasteiger partial charge in [0.1, 0.15) is 0 Å². The molecule has 1 amide bonds. The van der Waals surface area contributed by atoms with Crippen molar-refractivity contribution in [2.45, 2.75) is 38.3 Å². The highest BCUT2D eigenvalue weighted by atomic mass is 35.5. The number of carbonyl (C=O) groups is 1. The maximum atomic E-state index is 12.8. The molecule has 114 valence electrons. The quantitative estimate of drug-likeness (QED) is 0.932. The Morgan fingerprint density at radius 3 is 2.48 bits per heavy atom. The summed E-state index contributed by atoms with van der Waals surface area (Å²) in [7, 11) is 1.89. The second kappa shape index (κ2) is 5.62. The Morgan fingerprint density at radius 2 is 1.90 bits per heavy atom. The summed E-state index contributed by atoms with van der Waals surface area (Å²) in [4.78, 5) is 14.7. The van der Waals surface area contributed by atoms with Crippen LogP contribution < -0.4 is 5.73 Å². The number of fused-ring (bicyclic) bond motifs is 2. The van der Waals surface area contributed by atoms with Crippen molar-refractivity contribution in [1.82, 2.24) is 4.90 Å². The van der Waals surface area contributed by atoms with Crippen LogP contribution in [0.15, 0.2) is 24.3 Å².